The van der Waals surface area contributed by atoms with Crippen LogP contribution in [0.1, 0.15) is 58.2 Å². The van der Waals surface area contributed by atoms with Crippen LogP contribution < -0.4 is 46.9 Å². The molecule has 0 N–H and O–H groups in total. The lowest BCUT2D eigenvalue weighted by molar-refractivity contribution is 0.590. The van der Waals surface area contributed by atoms with Crippen LogP contribution in [-0.4, -0.2) is 14.8 Å². The van der Waals surface area contributed by atoms with E-state index in [2.05, 4.69) is 234 Å². The summed E-state index contributed by atoms with van der Waals surface area (Å²) in [7, 11) is -2.96. The molecule has 0 spiro atoms. The van der Waals surface area contributed by atoms with Gasteiger partial charge in [-0.1, -0.05) is 187 Å². The average Bonchev–Trinajstić information content (AvgIpc) is 3.27. The van der Waals surface area contributed by atoms with Gasteiger partial charge in [0, 0.05) is 28.4 Å². The minimum Gasteiger partial charge on any atom is -0.311 e. The van der Waals surface area contributed by atoms with Crippen molar-refractivity contribution < 1.29 is 4.39 Å². The molecule has 2 nitrogen and oxygen atoms in total. The smallest absolute Gasteiger partial charge is 0.252 e. The van der Waals surface area contributed by atoms with Crippen molar-refractivity contribution in [3.8, 4) is 0 Å². The van der Waals surface area contributed by atoms with Crippen molar-refractivity contribution in [2.45, 2.75) is 59.3 Å². The van der Waals surface area contributed by atoms with Crippen LogP contribution in [0.3, 0.4) is 0 Å². The zero-order valence-electron chi connectivity index (χ0n) is 36.7. The minimum atomic E-state index is -2.96. The Morgan fingerprint density at radius 3 is 1.45 bits per heavy atom. The van der Waals surface area contributed by atoms with Crippen LogP contribution in [0.4, 0.5) is 38.5 Å². The van der Waals surface area contributed by atoms with Gasteiger partial charge in [-0.2, -0.15) is 20.7 Å². The summed E-state index contributed by atoms with van der Waals surface area (Å²) in [6, 6.07) is 67.7. The van der Waals surface area contributed by atoms with Crippen LogP contribution in [-0.2, 0) is 10.8 Å². The number of halogens is 1. The summed E-state index contributed by atoms with van der Waals surface area (Å²) >= 11 is 0. The Bertz CT molecular complexity index is 2860. The monoisotopic (exact) mass is 822 g/mol. The second-order valence-corrected chi connectivity index (χ2v) is 23.0. The normalized spacial score (nSPS) is 13.4. The first kappa shape index (κ1) is 39.7. The molecule has 62 heavy (non-hydrogen) atoms. The van der Waals surface area contributed by atoms with Gasteiger partial charge in [0.2, 0.25) is 0 Å². The zero-order valence-corrected chi connectivity index (χ0v) is 37.7. The van der Waals surface area contributed by atoms with Gasteiger partial charge < -0.3 is 9.80 Å². The number of nitrogens with zero attached hydrogens (tertiary/aromatic N) is 2. The molecule has 2 aliphatic rings. The largest absolute Gasteiger partial charge is 0.311 e. The molecule has 0 saturated heterocycles. The van der Waals surface area contributed by atoms with Crippen LogP contribution >= 0.6 is 0 Å². The van der Waals surface area contributed by atoms with Crippen molar-refractivity contribution in [2.24, 2.45) is 0 Å². The quantitative estimate of drug-likeness (QED) is 0.122. The van der Waals surface area contributed by atoms with E-state index < -0.39 is 8.07 Å². The molecule has 2 heterocycles. The van der Waals surface area contributed by atoms with E-state index in [4.69, 9.17) is 0 Å². The fourth-order valence-corrected chi connectivity index (χ4v) is 14.9. The fourth-order valence-electron chi connectivity index (χ4n) is 10.2. The first-order valence-electron chi connectivity index (χ1n) is 21.9. The maximum Gasteiger partial charge on any atom is 0.252 e. The first-order chi connectivity index (χ1) is 29.9. The number of hydrogen-bond acceptors (Lipinski definition) is 2. The van der Waals surface area contributed by atoms with E-state index in [9.17, 15) is 0 Å². The topological polar surface area (TPSA) is 6.48 Å². The second-order valence-electron chi connectivity index (χ2n) is 19.2. The molecule has 0 aliphatic carbocycles. The number of benzene rings is 8. The molecule has 8 aromatic rings. The van der Waals surface area contributed by atoms with E-state index in [1.807, 2.05) is 12.1 Å². The standard InChI is InChI=1S/C57H52BFN2Si/c1-39-35-53-55-54(36-39)61(52-34-32-46(38-49(52)59)62(43-19-11-8-12-20-43,44-21-13-9-14-22-44)45-23-15-10-16-24-45)50-26-18-17-25-47(50)58(55)48-37-41(57(5,6)7)29-33-51(48)60(53)42-30-27-40(28-31-42)56(2,3)4/h8-38H,1-7H3/q-1. The third-order valence-corrected chi connectivity index (χ3v) is 18.0. The predicted octanol–water partition coefficient (Wildman–Crippen LogP) is 10.2. The van der Waals surface area contributed by atoms with Crippen molar-refractivity contribution in [2.75, 3.05) is 9.80 Å². The molecule has 0 radical (unpaired) electrons. The lowest BCUT2D eigenvalue weighted by Crippen LogP contribution is -2.74. The molecule has 5 heteroatoms. The van der Waals surface area contributed by atoms with Gasteiger partial charge in [0.25, 0.3) is 6.71 Å². The Balaban J connectivity index is 1.22. The summed E-state index contributed by atoms with van der Waals surface area (Å²) in [5.74, 6) is -0.244. The Kier molecular flexibility index (Phi) is 9.53. The zero-order chi connectivity index (χ0) is 43.0. The summed E-state index contributed by atoms with van der Waals surface area (Å²) in [5.41, 5.74) is 13.3. The van der Waals surface area contributed by atoms with E-state index in [1.54, 1.807) is 0 Å². The molecule has 0 bridgehead atoms. The van der Waals surface area contributed by atoms with Crippen LogP contribution in [0.5, 0.6) is 0 Å². The van der Waals surface area contributed by atoms with Gasteiger partial charge in [-0.25, -0.2) is 4.39 Å². The van der Waals surface area contributed by atoms with Gasteiger partial charge in [0.15, 0.2) is 0 Å². The van der Waals surface area contributed by atoms with Gasteiger partial charge in [0.05, 0.1) is 5.69 Å². The van der Waals surface area contributed by atoms with E-state index >= 15 is 4.39 Å². The average molecular weight is 823 g/mol. The molecule has 0 aromatic heterocycles. The van der Waals surface area contributed by atoms with Gasteiger partial charge in [-0.05, 0) is 101 Å². The number of anilines is 6. The third-order valence-electron chi connectivity index (χ3n) is 13.2. The maximum absolute atomic E-state index is 18.0. The molecular formula is C57H52BFN2Si-. The summed E-state index contributed by atoms with van der Waals surface area (Å²) < 4.78 is 18.0. The summed E-state index contributed by atoms with van der Waals surface area (Å²) in [5, 5.41) is 4.65. The summed E-state index contributed by atoms with van der Waals surface area (Å²) in [6.45, 7) is 15.8. The molecule has 0 fully saturated rings. The van der Waals surface area contributed by atoms with Crippen LogP contribution in [0, 0.1) is 12.7 Å². The van der Waals surface area contributed by atoms with Crippen LogP contribution in [0.25, 0.3) is 0 Å². The lowest BCUT2D eigenvalue weighted by atomic mass is 9.33. The molecule has 10 rings (SSSR count). The molecule has 2 aliphatic heterocycles. The molecule has 0 saturated carbocycles. The number of fused-ring (bicyclic) bond motifs is 4. The molecule has 0 amide bonds. The van der Waals surface area contributed by atoms with Crippen molar-refractivity contribution in [1.29, 1.82) is 0 Å². The highest BCUT2D eigenvalue weighted by molar-refractivity contribution is 7.19. The third kappa shape index (κ3) is 6.36. The van der Waals surface area contributed by atoms with E-state index in [-0.39, 0.29) is 23.4 Å². The Morgan fingerprint density at radius 2 is 0.903 bits per heavy atom. The highest BCUT2D eigenvalue weighted by Gasteiger charge is 2.44. The van der Waals surface area contributed by atoms with Gasteiger partial charge >= 0.3 is 0 Å². The van der Waals surface area contributed by atoms with Crippen LogP contribution in [0.2, 0.25) is 0 Å². The van der Waals surface area contributed by atoms with E-state index in [0.29, 0.717) is 5.69 Å². The Hall–Kier alpha value is -6.43. The number of para-hydroxylation sites is 1. The SMILES string of the molecule is Cc1cc2c3c(c1)N(c1ccc([Si-](c4ccccc4)(c4ccccc4)c4ccccc4)cc1F)c1ccccc1B3c1cc(C(C)(C)C)ccc1N2c1ccc(C(C)(C)C)cc1. The van der Waals surface area contributed by atoms with E-state index in [1.165, 1.54) is 48.8 Å². The second kappa shape index (κ2) is 14.9. The Labute approximate surface area is 368 Å². The fraction of sp³-hybridized carbons (Fsp3) is 0.158. The van der Waals surface area contributed by atoms with Crippen molar-refractivity contribution in [3.05, 3.63) is 211 Å². The highest BCUT2D eigenvalue weighted by Crippen LogP contribution is 2.45. The maximum atomic E-state index is 18.0. The van der Waals surface area contributed by atoms with Crippen molar-refractivity contribution in [3.63, 3.8) is 0 Å². The molecular weight excluding hydrogens is 771 g/mol. The Morgan fingerprint density at radius 1 is 0.419 bits per heavy atom. The molecule has 0 unspecified atom stereocenters. The summed E-state index contributed by atoms with van der Waals surface area (Å²) in [6.07, 6.45) is 0. The van der Waals surface area contributed by atoms with Crippen LogP contribution in [0.15, 0.2) is 188 Å². The van der Waals surface area contributed by atoms with Gasteiger partial charge in [0.1, 0.15) is 5.82 Å². The lowest BCUT2D eigenvalue weighted by Gasteiger charge is -2.47. The van der Waals surface area contributed by atoms with Crippen molar-refractivity contribution in [1.82, 2.24) is 0 Å². The van der Waals surface area contributed by atoms with Gasteiger partial charge in [-0.3, -0.25) is 0 Å². The molecule has 8 aromatic carbocycles. The number of rotatable bonds is 6. The number of aryl methyl sites for hydroxylation is 1. The summed E-state index contributed by atoms with van der Waals surface area (Å²) in [4.78, 5) is 4.65. The van der Waals surface area contributed by atoms with Crippen molar-refractivity contribution >= 4 is 86.0 Å². The molecule has 305 valence electrons. The first-order valence-corrected chi connectivity index (χ1v) is 23.9. The predicted molar refractivity (Wildman–Crippen MR) is 266 cm³/mol. The molecule has 0 atom stereocenters. The highest BCUT2D eigenvalue weighted by atomic mass is 28.3. The van der Waals surface area contributed by atoms with Gasteiger partial charge in [-0.15, -0.1) is 0 Å². The van der Waals surface area contributed by atoms with E-state index in [0.717, 1.165) is 33.5 Å². The minimum absolute atomic E-state index is 0.0306. The number of hydrogen-bond donors (Lipinski definition) is 0.